The molecule has 0 aliphatic carbocycles. The molecule has 106 valence electrons. The van der Waals surface area contributed by atoms with Crippen LogP contribution >= 0.6 is 11.6 Å². The number of rotatable bonds is 5. The quantitative estimate of drug-likeness (QED) is 0.903. The monoisotopic (exact) mass is 290 g/mol. The lowest BCUT2D eigenvalue weighted by molar-refractivity contribution is 0.675. The molecular weight excluding hydrogens is 272 g/mol. The highest BCUT2D eigenvalue weighted by atomic mass is 35.5. The molecule has 0 aliphatic rings. The first kappa shape index (κ1) is 14.7. The average Bonchev–Trinajstić information content (AvgIpc) is 2.43. The molecule has 1 unspecified atom stereocenters. The van der Waals surface area contributed by atoms with Gasteiger partial charge in [0.25, 0.3) is 0 Å². The Hall–Kier alpha value is -1.74. The Morgan fingerprint density at radius 1 is 1.20 bits per heavy atom. The van der Waals surface area contributed by atoms with Gasteiger partial charge in [0.15, 0.2) is 0 Å². The summed E-state index contributed by atoms with van der Waals surface area (Å²) in [4.78, 5) is 11.4. The van der Waals surface area contributed by atoms with Gasteiger partial charge in [0, 0.05) is 24.3 Å². The molecule has 2 aromatic rings. The maximum Gasteiger partial charge on any atom is 0.250 e. The minimum atomic E-state index is -0.00548. The molecule has 0 saturated carbocycles. The van der Waals surface area contributed by atoms with E-state index in [1.807, 2.05) is 36.5 Å². The molecule has 1 aromatic carbocycles. The third-order valence-corrected chi connectivity index (χ3v) is 3.53. The Bertz CT molecular complexity index is 619. The summed E-state index contributed by atoms with van der Waals surface area (Å²) in [5.41, 5.74) is 2.14. The summed E-state index contributed by atoms with van der Waals surface area (Å²) in [5.74, 6) is 0. The SMILES string of the molecule is CCCC(Nc1ccc(=O)n(C)c1)c1ccc(Cl)cc1. The zero-order valence-corrected chi connectivity index (χ0v) is 12.5. The van der Waals surface area contributed by atoms with Gasteiger partial charge in [0.1, 0.15) is 0 Å². The van der Waals surface area contributed by atoms with Crippen molar-refractivity contribution in [1.29, 1.82) is 0 Å². The molecule has 0 bridgehead atoms. The van der Waals surface area contributed by atoms with Gasteiger partial charge in [-0.25, -0.2) is 0 Å². The van der Waals surface area contributed by atoms with Crippen molar-refractivity contribution in [2.45, 2.75) is 25.8 Å². The molecule has 1 atom stereocenters. The first-order valence-electron chi connectivity index (χ1n) is 6.79. The van der Waals surface area contributed by atoms with E-state index in [-0.39, 0.29) is 11.6 Å². The van der Waals surface area contributed by atoms with Crippen molar-refractivity contribution < 1.29 is 0 Å². The molecule has 20 heavy (non-hydrogen) atoms. The van der Waals surface area contributed by atoms with Gasteiger partial charge < -0.3 is 9.88 Å². The number of hydrogen-bond donors (Lipinski definition) is 1. The molecular formula is C16H19ClN2O. The Morgan fingerprint density at radius 2 is 1.90 bits per heavy atom. The predicted octanol–water partition coefficient (Wildman–Crippen LogP) is 3.99. The van der Waals surface area contributed by atoms with Crippen molar-refractivity contribution in [3.05, 3.63) is 63.5 Å². The van der Waals surface area contributed by atoms with Crippen LogP contribution in [0.5, 0.6) is 0 Å². The molecule has 0 fully saturated rings. The van der Waals surface area contributed by atoms with E-state index in [1.54, 1.807) is 17.7 Å². The van der Waals surface area contributed by atoms with Crippen LogP contribution in [-0.2, 0) is 7.05 Å². The van der Waals surface area contributed by atoms with Gasteiger partial charge in [-0.15, -0.1) is 0 Å². The van der Waals surface area contributed by atoms with Crippen molar-refractivity contribution in [3.63, 3.8) is 0 Å². The highest BCUT2D eigenvalue weighted by Gasteiger charge is 2.10. The number of anilines is 1. The van der Waals surface area contributed by atoms with Crippen LogP contribution in [-0.4, -0.2) is 4.57 Å². The van der Waals surface area contributed by atoms with Crippen LogP contribution in [0.15, 0.2) is 47.4 Å². The summed E-state index contributed by atoms with van der Waals surface area (Å²) in [6.07, 6.45) is 3.91. The van der Waals surface area contributed by atoms with Crippen LogP contribution in [0, 0.1) is 0 Å². The topological polar surface area (TPSA) is 34.0 Å². The summed E-state index contributed by atoms with van der Waals surface area (Å²) in [6.45, 7) is 2.16. The van der Waals surface area contributed by atoms with Crippen LogP contribution in [0.3, 0.4) is 0 Å². The van der Waals surface area contributed by atoms with E-state index < -0.39 is 0 Å². The zero-order chi connectivity index (χ0) is 14.5. The number of halogens is 1. The summed E-state index contributed by atoms with van der Waals surface area (Å²) in [5, 5.41) is 4.22. The molecule has 1 aromatic heterocycles. The molecule has 3 nitrogen and oxygen atoms in total. The van der Waals surface area contributed by atoms with E-state index in [9.17, 15) is 4.79 Å². The Labute approximate surface area is 124 Å². The number of hydrogen-bond acceptors (Lipinski definition) is 2. The largest absolute Gasteiger partial charge is 0.377 e. The van der Waals surface area contributed by atoms with E-state index in [4.69, 9.17) is 11.6 Å². The molecule has 0 saturated heterocycles. The molecule has 2 rings (SSSR count). The van der Waals surface area contributed by atoms with E-state index in [0.717, 1.165) is 23.6 Å². The summed E-state index contributed by atoms with van der Waals surface area (Å²) in [7, 11) is 1.75. The lowest BCUT2D eigenvalue weighted by Gasteiger charge is -2.20. The van der Waals surface area contributed by atoms with Gasteiger partial charge in [0.2, 0.25) is 5.56 Å². The van der Waals surface area contributed by atoms with Gasteiger partial charge in [-0.3, -0.25) is 4.79 Å². The van der Waals surface area contributed by atoms with Crippen LogP contribution in [0.1, 0.15) is 31.4 Å². The van der Waals surface area contributed by atoms with Gasteiger partial charge in [-0.2, -0.15) is 0 Å². The van der Waals surface area contributed by atoms with E-state index in [0.29, 0.717) is 0 Å². The smallest absolute Gasteiger partial charge is 0.250 e. The van der Waals surface area contributed by atoms with Crippen LogP contribution in [0.2, 0.25) is 5.02 Å². The van der Waals surface area contributed by atoms with Gasteiger partial charge in [-0.05, 0) is 30.2 Å². The maximum atomic E-state index is 11.4. The molecule has 0 aliphatic heterocycles. The lowest BCUT2D eigenvalue weighted by Crippen LogP contribution is -2.17. The first-order valence-corrected chi connectivity index (χ1v) is 7.16. The average molecular weight is 291 g/mol. The summed E-state index contributed by atoms with van der Waals surface area (Å²) < 4.78 is 1.58. The molecule has 0 radical (unpaired) electrons. The van der Waals surface area contributed by atoms with E-state index in [2.05, 4.69) is 12.2 Å². The lowest BCUT2D eigenvalue weighted by atomic mass is 10.0. The summed E-state index contributed by atoms with van der Waals surface area (Å²) >= 11 is 5.93. The first-order chi connectivity index (χ1) is 9.60. The highest BCUT2D eigenvalue weighted by molar-refractivity contribution is 6.30. The molecule has 1 heterocycles. The molecule has 0 amide bonds. The number of aryl methyl sites for hydroxylation is 1. The fraction of sp³-hybridized carbons (Fsp3) is 0.312. The minimum Gasteiger partial charge on any atom is -0.377 e. The Morgan fingerprint density at radius 3 is 2.50 bits per heavy atom. The number of aromatic nitrogens is 1. The molecule has 0 spiro atoms. The number of nitrogens with one attached hydrogen (secondary N) is 1. The second-order valence-corrected chi connectivity index (χ2v) is 5.34. The third-order valence-electron chi connectivity index (χ3n) is 3.28. The van der Waals surface area contributed by atoms with E-state index >= 15 is 0 Å². The van der Waals surface area contributed by atoms with Crippen molar-refractivity contribution in [1.82, 2.24) is 4.57 Å². The summed E-state index contributed by atoms with van der Waals surface area (Å²) in [6, 6.07) is 11.5. The highest BCUT2D eigenvalue weighted by Crippen LogP contribution is 2.24. The number of benzene rings is 1. The Balaban J connectivity index is 2.22. The third kappa shape index (κ3) is 3.64. The van der Waals surface area contributed by atoms with Gasteiger partial charge in [-0.1, -0.05) is 37.1 Å². The van der Waals surface area contributed by atoms with E-state index in [1.165, 1.54) is 5.56 Å². The van der Waals surface area contributed by atoms with Gasteiger partial charge in [0.05, 0.1) is 11.7 Å². The normalized spacial score (nSPS) is 12.2. The van der Waals surface area contributed by atoms with Crippen molar-refractivity contribution in [3.8, 4) is 0 Å². The van der Waals surface area contributed by atoms with Crippen LogP contribution < -0.4 is 10.9 Å². The second-order valence-electron chi connectivity index (χ2n) is 4.90. The number of pyridine rings is 1. The number of nitrogens with zero attached hydrogens (tertiary/aromatic N) is 1. The predicted molar refractivity (Wildman–Crippen MR) is 84.4 cm³/mol. The van der Waals surface area contributed by atoms with Crippen molar-refractivity contribution in [2.24, 2.45) is 7.05 Å². The van der Waals surface area contributed by atoms with Crippen LogP contribution in [0.4, 0.5) is 5.69 Å². The fourth-order valence-corrected chi connectivity index (χ4v) is 2.31. The van der Waals surface area contributed by atoms with Gasteiger partial charge >= 0.3 is 0 Å². The second kappa shape index (κ2) is 6.62. The zero-order valence-electron chi connectivity index (χ0n) is 11.8. The standard InChI is InChI=1S/C16H19ClN2O/c1-3-4-15(12-5-7-13(17)8-6-12)18-14-9-10-16(20)19(2)11-14/h5-11,15,18H,3-4H2,1-2H3. The maximum absolute atomic E-state index is 11.4. The molecule has 1 N–H and O–H groups in total. The van der Waals surface area contributed by atoms with Crippen molar-refractivity contribution in [2.75, 3.05) is 5.32 Å². The molecule has 4 heteroatoms. The van der Waals surface area contributed by atoms with Crippen molar-refractivity contribution >= 4 is 17.3 Å². The van der Waals surface area contributed by atoms with Crippen LogP contribution in [0.25, 0.3) is 0 Å². The minimum absolute atomic E-state index is 0.00548. The Kier molecular flexibility index (Phi) is 4.85. The fourth-order valence-electron chi connectivity index (χ4n) is 2.19.